The van der Waals surface area contributed by atoms with Crippen LogP contribution in [0.3, 0.4) is 0 Å². The van der Waals surface area contributed by atoms with Gasteiger partial charge in [-0.15, -0.1) is 0 Å². The van der Waals surface area contributed by atoms with E-state index in [0.717, 1.165) is 32.1 Å². The van der Waals surface area contributed by atoms with E-state index in [2.05, 4.69) is 6.92 Å². The normalized spacial score (nSPS) is 19.1. The van der Waals surface area contributed by atoms with Crippen LogP contribution in [0, 0.1) is 0 Å². The van der Waals surface area contributed by atoms with Gasteiger partial charge < -0.3 is 30.3 Å². The first-order valence-electron chi connectivity index (χ1n) is 7.25. The minimum absolute atomic E-state index is 0.0798. The maximum absolute atomic E-state index is 10.4. The number of aldehydes is 1. The highest BCUT2D eigenvalue weighted by Gasteiger charge is 2.41. The van der Waals surface area contributed by atoms with Crippen molar-refractivity contribution in [1.29, 1.82) is 0 Å². The van der Waals surface area contributed by atoms with E-state index in [1.807, 2.05) is 0 Å². The molecule has 20 heavy (non-hydrogen) atoms. The van der Waals surface area contributed by atoms with Crippen molar-refractivity contribution in [3.05, 3.63) is 0 Å². The molecule has 120 valence electrons. The van der Waals surface area contributed by atoms with Crippen molar-refractivity contribution < 1.29 is 30.3 Å². The summed E-state index contributed by atoms with van der Waals surface area (Å²) in [5, 5.41) is 47.8. The molecule has 6 nitrogen and oxygen atoms in total. The van der Waals surface area contributed by atoms with Gasteiger partial charge in [-0.3, -0.25) is 0 Å². The highest BCUT2D eigenvalue weighted by Crippen LogP contribution is 2.23. The van der Waals surface area contributed by atoms with Crippen molar-refractivity contribution in [1.82, 2.24) is 0 Å². The fourth-order valence-corrected chi connectivity index (χ4v) is 2.12. The molecular formula is C14H28O6. The second-order valence-electron chi connectivity index (χ2n) is 5.34. The first-order chi connectivity index (χ1) is 9.42. The maximum Gasteiger partial charge on any atom is 0.151 e. The zero-order valence-corrected chi connectivity index (χ0v) is 12.1. The van der Waals surface area contributed by atoms with Gasteiger partial charge in [0.15, 0.2) is 6.29 Å². The topological polar surface area (TPSA) is 118 Å². The first kappa shape index (κ1) is 19.5. The predicted octanol–water partition coefficient (Wildman–Crippen LogP) is -0.258. The van der Waals surface area contributed by atoms with Crippen molar-refractivity contribution in [2.24, 2.45) is 0 Å². The lowest BCUT2D eigenvalue weighted by Crippen LogP contribution is -2.55. The molecule has 0 saturated carbocycles. The molecule has 0 heterocycles. The molecule has 0 aromatic rings. The van der Waals surface area contributed by atoms with Crippen molar-refractivity contribution in [2.45, 2.75) is 75.8 Å². The van der Waals surface area contributed by atoms with E-state index >= 15 is 0 Å². The number of hydrogen-bond donors (Lipinski definition) is 5. The first-order valence-corrected chi connectivity index (χ1v) is 7.25. The van der Waals surface area contributed by atoms with Gasteiger partial charge in [0.25, 0.3) is 0 Å². The van der Waals surface area contributed by atoms with Crippen LogP contribution in [0.2, 0.25) is 0 Å². The van der Waals surface area contributed by atoms with Crippen LogP contribution in [0.4, 0.5) is 0 Å². The van der Waals surface area contributed by atoms with Gasteiger partial charge in [0.1, 0.15) is 23.9 Å². The lowest BCUT2D eigenvalue weighted by Gasteiger charge is -2.34. The summed E-state index contributed by atoms with van der Waals surface area (Å²) in [5.74, 6) is 0. The summed E-state index contributed by atoms with van der Waals surface area (Å²) < 4.78 is 0. The second kappa shape index (κ2) is 10.2. The summed E-state index contributed by atoms with van der Waals surface area (Å²) in [5.41, 5.74) is -1.91. The summed E-state index contributed by atoms with van der Waals surface area (Å²) >= 11 is 0. The number of unbranched alkanes of at least 4 members (excludes halogenated alkanes) is 5. The fourth-order valence-electron chi connectivity index (χ4n) is 2.12. The number of aliphatic hydroxyl groups is 5. The van der Waals surface area contributed by atoms with Crippen LogP contribution in [0.5, 0.6) is 0 Å². The van der Waals surface area contributed by atoms with Crippen LogP contribution in [0.1, 0.15) is 51.9 Å². The minimum Gasteiger partial charge on any atom is -0.393 e. The average molecular weight is 292 g/mol. The standard InChI is InChI=1S/C14H28O6/c1-2-3-4-5-6-7-8-14(20,10-16)13(19)12(18)11(17)9-15/h9,11-13,16-20H,2-8,10H2,1H3/t11-,12+,13-,14+/m0/s1. The quantitative estimate of drug-likeness (QED) is 0.250. The number of carbonyl (C=O) groups excluding carboxylic acids is 1. The van der Waals surface area contributed by atoms with Crippen LogP contribution in [-0.2, 0) is 4.79 Å². The third kappa shape index (κ3) is 6.28. The lowest BCUT2D eigenvalue weighted by molar-refractivity contribution is -0.171. The van der Waals surface area contributed by atoms with Gasteiger partial charge in [-0.25, -0.2) is 0 Å². The molecule has 0 unspecified atom stereocenters. The SMILES string of the molecule is CCCCCCCC[C@@](O)(CO)[C@@H](O)[C@H](O)[C@@H](O)C=O. The Kier molecular flexibility index (Phi) is 9.96. The second-order valence-corrected chi connectivity index (χ2v) is 5.34. The number of carbonyl (C=O) groups is 1. The van der Waals surface area contributed by atoms with E-state index in [1.165, 1.54) is 0 Å². The molecule has 4 atom stereocenters. The van der Waals surface area contributed by atoms with Crippen LogP contribution in [0.15, 0.2) is 0 Å². The summed E-state index contributed by atoms with van der Waals surface area (Å²) in [6, 6.07) is 0. The van der Waals surface area contributed by atoms with Gasteiger partial charge in [0.05, 0.1) is 6.61 Å². The van der Waals surface area contributed by atoms with Gasteiger partial charge in [-0.1, -0.05) is 45.4 Å². The van der Waals surface area contributed by atoms with E-state index in [4.69, 9.17) is 5.11 Å². The Balaban J connectivity index is 4.27. The van der Waals surface area contributed by atoms with Crippen molar-refractivity contribution >= 4 is 6.29 Å². The molecular weight excluding hydrogens is 264 g/mol. The van der Waals surface area contributed by atoms with Crippen molar-refractivity contribution in [3.8, 4) is 0 Å². The number of rotatable bonds is 12. The molecule has 0 rings (SSSR count). The van der Waals surface area contributed by atoms with Crippen LogP contribution in [0.25, 0.3) is 0 Å². The molecule has 0 aliphatic carbocycles. The fraction of sp³-hybridized carbons (Fsp3) is 0.929. The van der Waals surface area contributed by atoms with Gasteiger partial charge in [0, 0.05) is 0 Å². The molecule has 0 fully saturated rings. The molecule has 0 aromatic carbocycles. The third-order valence-corrected chi connectivity index (χ3v) is 3.60. The van der Waals surface area contributed by atoms with Gasteiger partial charge in [0.2, 0.25) is 0 Å². The third-order valence-electron chi connectivity index (χ3n) is 3.60. The van der Waals surface area contributed by atoms with Crippen molar-refractivity contribution in [2.75, 3.05) is 6.61 Å². The largest absolute Gasteiger partial charge is 0.393 e. The maximum atomic E-state index is 10.4. The minimum atomic E-state index is -1.91. The highest BCUT2D eigenvalue weighted by atomic mass is 16.4. The zero-order chi connectivity index (χ0) is 15.6. The summed E-state index contributed by atoms with van der Waals surface area (Å²) in [4.78, 5) is 10.4. The van der Waals surface area contributed by atoms with E-state index < -0.39 is 30.5 Å². The molecule has 6 heteroatoms. The Labute approximate surface area is 120 Å². The molecule has 0 aliphatic heterocycles. The Morgan fingerprint density at radius 3 is 2.10 bits per heavy atom. The van der Waals surface area contributed by atoms with Gasteiger partial charge in [-0.05, 0) is 6.42 Å². The molecule has 0 saturated heterocycles. The average Bonchev–Trinajstić information content (AvgIpc) is 2.48. The zero-order valence-electron chi connectivity index (χ0n) is 12.1. The smallest absolute Gasteiger partial charge is 0.151 e. The number of aliphatic hydroxyl groups excluding tert-OH is 4. The highest BCUT2D eigenvalue weighted by molar-refractivity contribution is 5.56. The molecule has 0 aliphatic rings. The molecule has 0 spiro atoms. The van der Waals surface area contributed by atoms with E-state index in [9.17, 15) is 25.2 Å². The van der Waals surface area contributed by atoms with E-state index in [0.29, 0.717) is 6.42 Å². The molecule has 0 radical (unpaired) electrons. The van der Waals surface area contributed by atoms with Gasteiger partial charge >= 0.3 is 0 Å². The Hall–Kier alpha value is -0.530. The van der Waals surface area contributed by atoms with E-state index in [-0.39, 0.29) is 12.7 Å². The Morgan fingerprint density at radius 1 is 1.05 bits per heavy atom. The number of hydrogen-bond acceptors (Lipinski definition) is 6. The summed E-state index contributed by atoms with van der Waals surface area (Å²) in [6.45, 7) is 1.37. The Bertz CT molecular complexity index is 260. The molecule has 0 aromatic heterocycles. The van der Waals surface area contributed by atoms with Crippen LogP contribution >= 0.6 is 0 Å². The van der Waals surface area contributed by atoms with E-state index in [1.54, 1.807) is 0 Å². The van der Waals surface area contributed by atoms with Crippen LogP contribution in [-0.4, -0.2) is 62.3 Å². The summed E-state index contributed by atoms with van der Waals surface area (Å²) in [7, 11) is 0. The molecule has 0 amide bonds. The lowest BCUT2D eigenvalue weighted by atomic mass is 9.86. The molecule has 5 N–H and O–H groups in total. The van der Waals surface area contributed by atoms with Crippen LogP contribution < -0.4 is 0 Å². The summed E-state index contributed by atoms with van der Waals surface area (Å²) in [6.07, 6.45) is 0.625. The monoisotopic (exact) mass is 292 g/mol. The predicted molar refractivity (Wildman–Crippen MR) is 74.1 cm³/mol. The molecule has 0 bridgehead atoms. The van der Waals surface area contributed by atoms with Gasteiger partial charge in [-0.2, -0.15) is 0 Å². The Morgan fingerprint density at radius 2 is 1.60 bits per heavy atom. The van der Waals surface area contributed by atoms with Crippen molar-refractivity contribution in [3.63, 3.8) is 0 Å².